The molecule has 2 heterocycles. The normalized spacial score (nSPS) is 10.5. The van der Waals surface area contributed by atoms with E-state index in [0.29, 0.717) is 0 Å². The molecule has 0 aliphatic rings. The van der Waals surface area contributed by atoms with Gasteiger partial charge >= 0.3 is 11.4 Å². The summed E-state index contributed by atoms with van der Waals surface area (Å²) < 4.78 is 0.926. The number of aromatic nitrogens is 3. The zero-order chi connectivity index (χ0) is 16.6. The minimum Gasteiger partial charge on any atom is -0.258 e. The van der Waals surface area contributed by atoms with Crippen LogP contribution in [0.3, 0.4) is 0 Å². The Labute approximate surface area is 121 Å². The van der Waals surface area contributed by atoms with Gasteiger partial charge in [0.05, 0.1) is 20.8 Å². The molecule has 0 atom stereocenters. The fourth-order valence-electron chi connectivity index (χ4n) is 1.94. The molecule has 12 heteroatoms. The van der Waals surface area contributed by atoms with Crippen LogP contribution in [0.25, 0.3) is 5.82 Å². The molecular weight excluding hydrogens is 300 g/mol. The fourth-order valence-corrected chi connectivity index (χ4v) is 1.94. The highest BCUT2D eigenvalue weighted by Gasteiger charge is 2.29. The van der Waals surface area contributed by atoms with E-state index in [2.05, 4.69) is 10.1 Å². The molecule has 0 aromatic carbocycles. The smallest absolute Gasteiger partial charge is 0.258 e. The van der Waals surface area contributed by atoms with Crippen LogP contribution in [0.15, 0.2) is 12.3 Å². The van der Waals surface area contributed by atoms with E-state index in [1.54, 1.807) is 0 Å². The predicted molar refractivity (Wildman–Crippen MR) is 70.8 cm³/mol. The molecule has 12 nitrogen and oxygen atoms in total. The third-order valence-corrected chi connectivity index (χ3v) is 2.88. The number of hydrogen-bond donors (Lipinski definition) is 0. The molecule has 2 aromatic heterocycles. The van der Waals surface area contributed by atoms with E-state index in [4.69, 9.17) is 0 Å². The first-order chi connectivity index (χ1) is 10.2. The lowest BCUT2D eigenvalue weighted by Crippen LogP contribution is -2.07. The Hall–Kier alpha value is -3.44. The van der Waals surface area contributed by atoms with Crippen LogP contribution >= 0.6 is 0 Å². The van der Waals surface area contributed by atoms with Gasteiger partial charge in [-0.3, -0.25) is 30.3 Å². The van der Waals surface area contributed by atoms with Gasteiger partial charge in [0.25, 0.3) is 5.69 Å². The molecule has 0 unspecified atom stereocenters. The van der Waals surface area contributed by atoms with Crippen LogP contribution in [-0.2, 0) is 0 Å². The average Bonchev–Trinajstić information content (AvgIpc) is 2.72. The monoisotopic (exact) mass is 308 g/mol. The molecule has 0 radical (unpaired) electrons. The van der Waals surface area contributed by atoms with E-state index in [0.717, 1.165) is 16.9 Å². The van der Waals surface area contributed by atoms with Crippen molar-refractivity contribution in [3.05, 3.63) is 54.0 Å². The molecule has 2 aromatic rings. The lowest BCUT2D eigenvalue weighted by atomic mass is 10.3. The van der Waals surface area contributed by atoms with Gasteiger partial charge in [-0.15, -0.1) is 0 Å². The summed E-state index contributed by atoms with van der Waals surface area (Å²) in [6.07, 6.45) is 0.824. The Kier molecular flexibility index (Phi) is 3.51. The summed E-state index contributed by atoms with van der Waals surface area (Å²) in [6.45, 7) is 2.73. The molecule has 114 valence electrons. The van der Waals surface area contributed by atoms with Crippen LogP contribution in [0.2, 0.25) is 0 Å². The molecule has 2 rings (SSSR count). The van der Waals surface area contributed by atoms with Gasteiger partial charge in [-0.25, -0.2) is 9.67 Å². The number of rotatable bonds is 4. The molecular formula is C10H8N6O6. The van der Waals surface area contributed by atoms with E-state index < -0.39 is 26.1 Å². The van der Waals surface area contributed by atoms with Gasteiger partial charge in [0.2, 0.25) is 5.82 Å². The topological polar surface area (TPSA) is 160 Å². The highest BCUT2D eigenvalue weighted by Crippen LogP contribution is 2.29. The second-order valence-electron chi connectivity index (χ2n) is 4.24. The van der Waals surface area contributed by atoms with Gasteiger partial charge in [0, 0.05) is 0 Å². The molecule has 0 aliphatic carbocycles. The average molecular weight is 308 g/mol. The van der Waals surface area contributed by atoms with Crippen molar-refractivity contribution in [1.29, 1.82) is 0 Å². The summed E-state index contributed by atoms with van der Waals surface area (Å²) in [4.78, 5) is 34.0. The largest absolute Gasteiger partial charge is 0.320 e. The fraction of sp³-hybridized carbons (Fsp3) is 0.200. The Morgan fingerprint density at radius 1 is 1.05 bits per heavy atom. The van der Waals surface area contributed by atoms with Crippen molar-refractivity contribution in [2.75, 3.05) is 0 Å². The third kappa shape index (κ3) is 2.32. The van der Waals surface area contributed by atoms with Crippen LogP contribution in [0.5, 0.6) is 0 Å². The van der Waals surface area contributed by atoms with Crippen LogP contribution in [0.1, 0.15) is 11.4 Å². The van der Waals surface area contributed by atoms with Gasteiger partial charge in [-0.2, -0.15) is 5.10 Å². The second-order valence-corrected chi connectivity index (χ2v) is 4.24. The second kappa shape index (κ2) is 5.16. The maximum Gasteiger partial charge on any atom is 0.320 e. The highest BCUT2D eigenvalue weighted by atomic mass is 16.6. The van der Waals surface area contributed by atoms with Crippen LogP contribution < -0.4 is 0 Å². The summed E-state index contributed by atoms with van der Waals surface area (Å²) in [5, 5.41) is 36.6. The molecule has 0 fully saturated rings. The Balaban J connectivity index is 2.73. The van der Waals surface area contributed by atoms with Crippen molar-refractivity contribution in [1.82, 2.24) is 14.8 Å². The maximum atomic E-state index is 11.1. The van der Waals surface area contributed by atoms with Gasteiger partial charge in [-0.05, 0) is 13.8 Å². The van der Waals surface area contributed by atoms with E-state index in [1.807, 2.05) is 0 Å². The number of hydrogen-bond acceptors (Lipinski definition) is 8. The lowest BCUT2D eigenvalue weighted by Gasteiger charge is -2.03. The molecule has 0 bridgehead atoms. The molecule has 0 aliphatic heterocycles. The van der Waals surface area contributed by atoms with Crippen LogP contribution in [0.4, 0.5) is 17.1 Å². The van der Waals surface area contributed by atoms with E-state index in [-0.39, 0.29) is 22.9 Å². The number of aryl methyl sites for hydroxylation is 1. The van der Waals surface area contributed by atoms with E-state index >= 15 is 0 Å². The van der Waals surface area contributed by atoms with Gasteiger partial charge in [0.15, 0.2) is 0 Å². The zero-order valence-electron chi connectivity index (χ0n) is 11.3. The molecule has 0 amide bonds. The van der Waals surface area contributed by atoms with Gasteiger partial charge < -0.3 is 0 Å². The van der Waals surface area contributed by atoms with Crippen LogP contribution in [-0.4, -0.2) is 29.5 Å². The number of pyridine rings is 1. The standard InChI is InChI=1S/C10H8N6O6/c1-5-9(16(21)22)6(2)13(12-5)10-8(15(19)20)3-7(4-11-10)14(17)18/h3-4H,1-2H3. The van der Waals surface area contributed by atoms with Crippen molar-refractivity contribution in [3.63, 3.8) is 0 Å². The Morgan fingerprint density at radius 3 is 2.14 bits per heavy atom. The lowest BCUT2D eigenvalue weighted by molar-refractivity contribution is -0.394. The maximum absolute atomic E-state index is 11.1. The molecule has 0 N–H and O–H groups in total. The summed E-state index contributed by atoms with van der Waals surface area (Å²) in [5.74, 6) is -0.329. The Bertz CT molecular complexity index is 812. The van der Waals surface area contributed by atoms with E-state index in [1.165, 1.54) is 13.8 Å². The first-order valence-electron chi connectivity index (χ1n) is 5.73. The van der Waals surface area contributed by atoms with E-state index in [9.17, 15) is 30.3 Å². The SMILES string of the molecule is Cc1nn(-c2ncc([N+](=O)[O-])cc2[N+](=O)[O-])c(C)c1[N+](=O)[O-]. The van der Waals surface area contributed by atoms with Crippen molar-refractivity contribution in [2.45, 2.75) is 13.8 Å². The quantitative estimate of drug-likeness (QED) is 0.607. The number of nitrogens with zero attached hydrogens (tertiary/aromatic N) is 6. The summed E-state index contributed by atoms with van der Waals surface area (Å²) in [7, 11) is 0. The first-order valence-corrected chi connectivity index (χ1v) is 5.73. The predicted octanol–water partition coefficient (Wildman–Crippen LogP) is 1.61. The van der Waals surface area contributed by atoms with Crippen molar-refractivity contribution < 1.29 is 14.8 Å². The highest BCUT2D eigenvalue weighted by molar-refractivity contribution is 5.55. The minimum atomic E-state index is -0.863. The summed E-state index contributed by atoms with van der Waals surface area (Å²) in [5.41, 5.74) is -1.44. The van der Waals surface area contributed by atoms with Crippen molar-refractivity contribution >= 4 is 17.1 Å². The van der Waals surface area contributed by atoms with Gasteiger partial charge in [0.1, 0.15) is 17.6 Å². The molecule has 0 saturated heterocycles. The molecule has 0 saturated carbocycles. The first kappa shape index (κ1) is 15.0. The molecule has 0 spiro atoms. The van der Waals surface area contributed by atoms with Crippen molar-refractivity contribution in [3.8, 4) is 5.82 Å². The minimum absolute atomic E-state index is 0.0342. The summed E-state index contributed by atoms with van der Waals surface area (Å²) in [6, 6.07) is 0.727. The zero-order valence-corrected chi connectivity index (χ0v) is 11.3. The van der Waals surface area contributed by atoms with Crippen LogP contribution in [0, 0.1) is 44.2 Å². The van der Waals surface area contributed by atoms with Crippen molar-refractivity contribution in [2.24, 2.45) is 0 Å². The molecule has 22 heavy (non-hydrogen) atoms. The van der Waals surface area contributed by atoms with Gasteiger partial charge in [-0.1, -0.05) is 0 Å². The number of nitro groups is 3. The third-order valence-electron chi connectivity index (χ3n) is 2.88. The Morgan fingerprint density at radius 2 is 1.68 bits per heavy atom. The summed E-state index contributed by atoms with van der Waals surface area (Å²) >= 11 is 0.